The molecule has 49 heavy (non-hydrogen) atoms. The molecule has 0 radical (unpaired) electrons. The molecule has 0 aliphatic carbocycles. The zero-order valence-corrected chi connectivity index (χ0v) is 31.3. The smallest absolute Gasteiger partial charge is 0.344 e. The first-order chi connectivity index (χ1) is 23.0. The molecule has 0 unspecified atom stereocenters. The molecule has 13 heteroatoms. The number of hydrogen-bond donors (Lipinski definition) is 1. The summed E-state index contributed by atoms with van der Waals surface area (Å²) >= 11 is 12.9. The molecule has 9 nitrogen and oxygen atoms in total. The highest BCUT2D eigenvalue weighted by molar-refractivity contribution is 7.86. The van der Waals surface area contributed by atoms with E-state index in [9.17, 15) is 21.4 Å². The van der Waals surface area contributed by atoms with Gasteiger partial charge in [0, 0.05) is 74.4 Å². The van der Waals surface area contributed by atoms with E-state index in [2.05, 4.69) is 49.3 Å². The van der Waals surface area contributed by atoms with Crippen molar-refractivity contribution in [2.75, 3.05) is 29.5 Å². The second kappa shape index (κ2) is 14.6. The maximum atomic E-state index is 12.6. The van der Waals surface area contributed by atoms with Crippen LogP contribution in [-0.2, 0) is 31.1 Å². The Hall–Kier alpha value is -3.22. The molecule has 0 fully saturated rings. The zero-order chi connectivity index (χ0) is 35.6. The van der Waals surface area contributed by atoms with Gasteiger partial charge in [-0.2, -0.15) is 21.4 Å². The first kappa shape index (κ1) is 37.0. The van der Waals surface area contributed by atoms with E-state index < -0.39 is 20.2 Å². The number of halogens is 2. The quantitative estimate of drug-likeness (QED) is 0.110. The fraction of sp³-hybridized carbons (Fsp3) is 0.389. The van der Waals surface area contributed by atoms with Gasteiger partial charge in [-0.3, -0.25) is 4.55 Å². The molecule has 1 N–H and O–H groups in total. The van der Waals surface area contributed by atoms with E-state index in [1.54, 1.807) is 30.6 Å². The van der Waals surface area contributed by atoms with Crippen LogP contribution < -0.4 is 13.9 Å². The highest BCUT2D eigenvalue weighted by Gasteiger charge is 2.44. The minimum Gasteiger partial charge on any atom is -0.344 e. The van der Waals surface area contributed by atoms with Crippen LogP contribution in [0.3, 0.4) is 0 Å². The van der Waals surface area contributed by atoms with Gasteiger partial charge in [-0.05, 0) is 75.1 Å². The maximum Gasteiger partial charge on any atom is 0.367 e. The molecule has 5 rings (SSSR count). The second-order valence-corrected chi connectivity index (χ2v) is 17.6. The maximum absolute atomic E-state index is 12.6. The lowest BCUT2D eigenvalue weighted by Crippen LogP contribution is -2.45. The Morgan fingerprint density at radius 3 is 2.18 bits per heavy atom. The Bertz CT molecular complexity index is 2030. The van der Waals surface area contributed by atoms with Crippen molar-refractivity contribution in [3.63, 3.8) is 0 Å². The molecule has 2 aromatic carbocycles. The van der Waals surface area contributed by atoms with Gasteiger partial charge in [0.1, 0.15) is 6.54 Å². The molecule has 0 bridgehead atoms. The number of hydrogen-bond acceptors (Lipinski definition) is 6. The Labute approximate surface area is 300 Å². The molecule has 2 aliphatic rings. The van der Waals surface area contributed by atoms with Crippen molar-refractivity contribution in [1.82, 2.24) is 0 Å². The third kappa shape index (κ3) is 8.57. The second-order valence-electron chi connectivity index (χ2n) is 13.4. The van der Waals surface area contributed by atoms with E-state index in [0.717, 1.165) is 33.9 Å². The normalized spacial score (nSPS) is 17.6. The van der Waals surface area contributed by atoms with Crippen molar-refractivity contribution < 1.29 is 35.0 Å². The van der Waals surface area contributed by atoms with Crippen LogP contribution in [0.4, 0.5) is 11.4 Å². The summed E-state index contributed by atoms with van der Waals surface area (Å²) in [6.45, 7) is 9.76. The van der Waals surface area contributed by atoms with Crippen LogP contribution in [0.5, 0.6) is 0 Å². The number of rotatable bonds is 14. The molecule has 262 valence electrons. The van der Waals surface area contributed by atoms with Gasteiger partial charge < -0.3 is 4.90 Å². The zero-order valence-electron chi connectivity index (χ0n) is 28.1. The average molecular weight is 749 g/mol. The summed E-state index contributed by atoms with van der Waals surface area (Å²) in [5.41, 5.74) is 5.54. The monoisotopic (exact) mass is 747 g/mol. The average Bonchev–Trinajstić information content (AvgIpc) is 3.35. The SMILES string of the molecule is CC1(C)C(=CC=CC2=[N+](CCCCS(=O)(=O)O[n+]3ccccc3)c3ccc(Cl)cc3C2(C)C)N(CCCCS(=O)(=O)O)c2ccc(Cl)cc21. The van der Waals surface area contributed by atoms with Crippen molar-refractivity contribution in [2.24, 2.45) is 0 Å². The van der Waals surface area contributed by atoms with Crippen molar-refractivity contribution in [2.45, 2.75) is 64.2 Å². The van der Waals surface area contributed by atoms with Gasteiger partial charge in [-0.25, -0.2) is 0 Å². The summed E-state index contributed by atoms with van der Waals surface area (Å²) in [5.74, 6) is -0.397. The number of unbranched alkanes of at least 4 members (excludes halogenated alkanes) is 2. The van der Waals surface area contributed by atoms with Gasteiger partial charge in [-0.1, -0.05) is 49.2 Å². The summed E-state index contributed by atoms with van der Waals surface area (Å²) in [5, 5.41) is 1.29. The number of anilines is 1. The van der Waals surface area contributed by atoms with Gasteiger partial charge >= 0.3 is 10.1 Å². The molecular formula is C36H43Cl2N3O6S2+2. The Morgan fingerprint density at radius 2 is 1.49 bits per heavy atom. The van der Waals surface area contributed by atoms with Gasteiger partial charge in [0.2, 0.25) is 18.1 Å². The van der Waals surface area contributed by atoms with Crippen molar-refractivity contribution >= 4 is 60.5 Å². The van der Waals surface area contributed by atoms with Crippen LogP contribution in [0.1, 0.15) is 64.5 Å². The molecule has 3 aromatic rings. The standard InChI is InChI=1S/C36H42Cl2N3O6S2/c1-35(2)29-25-27(37)15-17-31(29)40(21-8-10-23-48(42,43)44)33(35)13-12-14-34-36(3,4)30-26-28(38)16-18-32(30)41(34)22-9-11-24-49(45,46)47-39-19-6-5-7-20-39/h5-7,12-20,25-26H,8-11,21-24H2,1-4H3/q+1/p+1. The third-order valence-corrected chi connectivity index (χ3v) is 11.6. The van der Waals surface area contributed by atoms with E-state index in [4.69, 9.17) is 27.5 Å². The van der Waals surface area contributed by atoms with E-state index in [0.29, 0.717) is 48.8 Å². The van der Waals surface area contributed by atoms with Gasteiger partial charge in [0.15, 0.2) is 5.71 Å². The molecule has 0 amide bonds. The first-order valence-electron chi connectivity index (χ1n) is 16.3. The van der Waals surface area contributed by atoms with E-state index in [-0.39, 0.29) is 22.3 Å². The van der Waals surface area contributed by atoms with Gasteiger partial charge in [0.05, 0.1) is 16.9 Å². The van der Waals surface area contributed by atoms with E-state index in [1.807, 2.05) is 42.5 Å². The molecule has 1 aromatic heterocycles. The van der Waals surface area contributed by atoms with E-state index >= 15 is 0 Å². The topological polar surface area (TPSA) is 108 Å². The lowest BCUT2D eigenvalue weighted by Gasteiger charge is -2.27. The van der Waals surface area contributed by atoms with Crippen LogP contribution in [0.15, 0.2) is 90.9 Å². The number of pyridine rings is 1. The van der Waals surface area contributed by atoms with Crippen molar-refractivity contribution in [3.8, 4) is 0 Å². The van der Waals surface area contributed by atoms with Gasteiger partial charge in [-0.15, -0.1) is 4.28 Å². The number of aromatic nitrogens is 1. The lowest BCUT2D eigenvalue weighted by molar-refractivity contribution is -0.856. The van der Waals surface area contributed by atoms with Crippen molar-refractivity contribution in [3.05, 3.63) is 112 Å². The Morgan fingerprint density at radius 1 is 0.837 bits per heavy atom. The van der Waals surface area contributed by atoms with Crippen LogP contribution in [0, 0.1) is 0 Å². The van der Waals surface area contributed by atoms with Gasteiger partial charge in [0.25, 0.3) is 10.1 Å². The molecule has 2 aliphatic heterocycles. The predicted octanol–water partition coefficient (Wildman–Crippen LogP) is 6.80. The summed E-state index contributed by atoms with van der Waals surface area (Å²) in [4.78, 5) is 2.20. The molecule has 0 saturated heterocycles. The molecule has 0 atom stereocenters. The van der Waals surface area contributed by atoms with Crippen molar-refractivity contribution in [1.29, 1.82) is 0 Å². The van der Waals surface area contributed by atoms with Crippen LogP contribution >= 0.6 is 23.2 Å². The highest BCUT2D eigenvalue weighted by Crippen LogP contribution is 2.49. The van der Waals surface area contributed by atoms with Crippen LogP contribution in [-0.4, -0.2) is 56.3 Å². The fourth-order valence-corrected chi connectivity index (χ4v) is 8.62. The van der Waals surface area contributed by atoms with Crippen LogP contribution in [0.25, 0.3) is 0 Å². The first-order valence-corrected chi connectivity index (χ1v) is 20.2. The number of nitrogens with zero attached hydrogens (tertiary/aromatic N) is 3. The summed E-state index contributed by atoms with van der Waals surface area (Å²) in [7, 11) is -7.80. The number of benzene rings is 2. The molecule has 0 saturated carbocycles. The predicted molar refractivity (Wildman–Crippen MR) is 195 cm³/mol. The fourth-order valence-electron chi connectivity index (χ4n) is 6.71. The molecule has 0 spiro atoms. The minimum absolute atomic E-state index is 0.114. The Kier molecular flexibility index (Phi) is 11.0. The molecule has 3 heterocycles. The number of allylic oxidation sites excluding steroid dienone is 4. The summed E-state index contributed by atoms with van der Waals surface area (Å²) in [6, 6.07) is 16.9. The highest BCUT2D eigenvalue weighted by atomic mass is 35.5. The minimum atomic E-state index is -4.03. The summed E-state index contributed by atoms with van der Waals surface area (Å²) in [6.07, 6.45) is 11.3. The van der Waals surface area contributed by atoms with E-state index in [1.165, 1.54) is 4.73 Å². The summed E-state index contributed by atoms with van der Waals surface area (Å²) < 4.78 is 65.8. The lowest BCUT2D eigenvalue weighted by atomic mass is 9.81. The largest absolute Gasteiger partial charge is 0.367 e. The Balaban J connectivity index is 1.41. The third-order valence-electron chi connectivity index (χ3n) is 9.16. The number of fused-ring (bicyclic) bond motifs is 2. The van der Waals surface area contributed by atoms with Crippen LogP contribution in [0.2, 0.25) is 10.0 Å². The molecular weight excluding hydrogens is 705 g/mol.